The largest absolute Gasteiger partial charge is 0.311 e. The lowest BCUT2D eigenvalue weighted by Crippen LogP contribution is -2.09. The minimum atomic E-state index is 0.781. The molecule has 0 aromatic heterocycles. The summed E-state index contributed by atoms with van der Waals surface area (Å²) in [6.45, 7) is 8.68. The number of hydrogen-bond donors (Lipinski definition) is 0. The minimum absolute atomic E-state index is 0.781. The molecule has 0 radical (unpaired) electrons. The van der Waals surface area contributed by atoms with Gasteiger partial charge in [0.15, 0.2) is 0 Å². The van der Waals surface area contributed by atoms with E-state index in [-0.39, 0.29) is 0 Å². The molecule has 9 rings (SSSR count). The van der Waals surface area contributed by atoms with Gasteiger partial charge in [-0.05, 0) is 151 Å². The van der Waals surface area contributed by atoms with Gasteiger partial charge in [0.2, 0.25) is 0 Å². The molecule has 7 aromatic rings. The van der Waals surface area contributed by atoms with E-state index < -0.39 is 0 Å². The highest BCUT2D eigenvalue weighted by atomic mass is 15.1. The van der Waals surface area contributed by atoms with Gasteiger partial charge in [-0.15, -0.1) is 0 Å². The summed E-state index contributed by atoms with van der Waals surface area (Å²) in [4.78, 5) is 2.36. The summed E-state index contributed by atoms with van der Waals surface area (Å²) in [5.74, 6) is 2.68. The number of anilines is 3. The van der Waals surface area contributed by atoms with Gasteiger partial charge >= 0.3 is 0 Å². The third-order valence-electron chi connectivity index (χ3n) is 12.1. The number of benzene rings is 7. The smallest absolute Gasteiger partial charge is 0.0462 e. The monoisotopic (exact) mass is 699 g/mol. The van der Waals surface area contributed by atoms with Crippen LogP contribution in [0.5, 0.6) is 0 Å². The van der Waals surface area contributed by atoms with Crippen LogP contribution in [0.25, 0.3) is 44.5 Å². The topological polar surface area (TPSA) is 3.24 Å². The summed E-state index contributed by atoms with van der Waals surface area (Å²) in [6, 6.07) is 59.1. The van der Waals surface area contributed by atoms with Crippen molar-refractivity contribution in [3.05, 3.63) is 186 Å². The second-order valence-corrected chi connectivity index (χ2v) is 16.2. The number of rotatable bonds is 8. The summed E-state index contributed by atoms with van der Waals surface area (Å²) >= 11 is 0. The highest BCUT2D eigenvalue weighted by Crippen LogP contribution is 2.53. The molecule has 2 fully saturated rings. The lowest BCUT2D eigenvalue weighted by molar-refractivity contribution is 0.420. The van der Waals surface area contributed by atoms with E-state index >= 15 is 0 Å². The SMILES string of the molecule is Cc1cc(C)cc(-c2ccc(N(c3ccc(-c4ccc(-c5ccc(C6CC7CCC6C7)cc5)cc4)cc3)c3ccc(-c4cc(C)cc(C)c4)cc3)cc2)c1. The van der Waals surface area contributed by atoms with Crippen LogP contribution in [0.1, 0.15) is 59.4 Å². The molecule has 2 aliphatic carbocycles. The maximum absolute atomic E-state index is 2.40. The van der Waals surface area contributed by atoms with Crippen molar-refractivity contribution in [2.75, 3.05) is 4.90 Å². The van der Waals surface area contributed by atoms with E-state index in [0.29, 0.717) is 0 Å². The summed E-state index contributed by atoms with van der Waals surface area (Å²) in [7, 11) is 0. The van der Waals surface area contributed by atoms with Crippen molar-refractivity contribution in [3.8, 4) is 44.5 Å². The van der Waals surface area contributed by atoms with E-state index in [0.717, 1.165) is 34.8 Å². The summed E-state index contributed by atoms with van der Waals surface area (Å²) in [5, 5.41) is 0. The first-order valence-corrected chi connectivity index (χ1v) is 19.8. The Kier molecular flexibility index (Phi) is 9.03. The predicted octanol–water partition coefficient (Wildman–Crippen LogP) is 15.0. The van der Waals surface area contributed by atoms with Crippen LogP contribution in [-0.2, 0) is 0 Å². The highest BCUT2D eigenvalue weighted by molar-refractivity contribution is 5.81. The Labute approximate surface area is 322 Å². The predicted molar refractivity (Wildman–Crippen MR) is 230 cm³/mol. The molecule has 0 heterocycles. The molecular weight excluding hydrogens is 651 g/mol. The zero-order chi connectivity index (χ0) is 36.8. The Morgan fingerprint density at radius 3 is 1.02 bits per heavy atom. The quantitative estimate of drug-likeness (QED) is 0.153. The maximum Gasteiger partial charge on any atom is 0.0462 e. The average molecular weight is 700 g/mol. The second-order valence-electron chi connectivity index (χ2n) is 16.2. The Morgan fingerprint density at radius 1 is 0.352 bits per heavy atom. The van der Waals surface area contributed by atoms with Crippen molar-refractivity contribution in [1.29, 1.82) is 0 Å². The Hall–Kier alpha value is -5.66. The normalized spacial score (nSPS) is 17.5. The molecule has 1 heteroatoms. The zero-order valence-electron chi connectivity index (χ0n) is 32.0. The molecule has 2 aliphatic rings. The molecule has 54 heavy (non-hydrogen) atoms. The zero-order valence-corrected chi connectivity index (χ0v) is 32.0. The third kappa shape index (κ3) is 6.92. The molecule has 1 nitrogen and oxygen atoms in total. The molecule has 266 valence electrons. The number of aryl methyl sites for hydroxylation is 4. The van der Waals surface area contributed by atoms with Gasteiger partial charge in [-0.25, -0.2) is 0 Å². The molecule has 0 saturated heterocycles. The van der Waals surface area contributed by atoms with E-state index in [4.69, 9.17) is 0 Å². The molecule has 0 spiro atoms. The first kappa shape index (κ1) is 34.1. The van der Waals surface area contributed by atoms with Gasteiger partial charge in [0.25, 0.3) is 0 Å². The van der Waals surface area contributed by atoms with Gasteiger partial charge in [-0.3, -0.25) is 0 Å². The van der Waals surface area contributed by atoms with Crippen molar-refractivity contribution in [2.24, 2.45) is 11.8 Å². The van der Waals surface area contributed by atoms with E-state index in [1.807, 2.05) is 0 Å². The van der Waals surface area contributed by atoms with Crippen molar-refractivity contribution in [1.82, 2.24) is 0 Å². The molecular formula is C53H49N. The van der Waals surface area contributed by atoms with Crippen LogP contribution in [0, 0.1) is 39.5 Å². The van der Waals surface area contributed by atoms with Crippen molar-refractivity contribution in [3.63, 3.8) is 0 Å². The van der Waals surface area contributed by atoms with Crippen LogP contribution in [0.2, 0.25) is 0 Å². The maximum atomic E-state index is 2.40. The number of fused-ring (bicyclic) bond motifs is 2. The van der Waals surface area contributed by atoms with Crippen LogP contribution >= 0.6 is 0 Å². The van der Waals surface area contributed by atoms with E-state index in [2.05, 4.69) is 190 Å². The summed E-state index contributed by atoms with van der Waals surface area (Å²) in [5.41, 5.74) is 20.1. The molecule has 0 N–H and O–H groups in total. The van der Waals surface area contributed by atoms with Crippen molar-refractivity contribution in [2.45, 2.75) is 59.3 Å². The van der Waals surface area contributed by atoms with Crippen LogP contribution in [-0.4, -0.2) is 0 Å². The van der Waals surface area contributed by atoms with Gasteiger partial charge in [-0.1, -0.05) is 150 Å². The molecule has 0 amide bonds. The second kappa shape index (κ2) is 14.3. The highest BCUT2D eigenvalue weighted by Gasteiger charge is 2.39. The number of nitrogens with zero attached hydrogens (tertiary/aromatic N) is 1. The third-order valence-corrected chi connectivity index (χ3v) is 12.1. The summed E-state index contributed by atoms with van der Waals surface area (Å²) < 4.78 is 0. The average Bonchev–Trinajstić information content (AvgIpc) is 3.83. The van der Waals surface area contributed by atoms with Gasteiger partial charge in [0.05, 0.1) is 0 Å². The van der Waals surface area contributed by atoms with Crippen LogP contribution in [0.4, 0.5) is 17.1 Å². The molecule has 7 aromatic carbocycles. The fourth-order valence-electron chi connectivity index (χ4n) is 9.57. The molecule has 2 bridgehead atoms. The lowest BCUT2D eigenvalue weighted by Gasteiger charge is -2.26. The van der Waals surface area contributed by atoms with E-state index in [9.17, 15) is 0 Å². The molecule has 3 unspecified atom stereocenters. The van der Waals surface area contributed by atoms with Crippen LogP contribution in [0.15, 0.2) is 158 Å². The lowest BCUT2D eigenvalue weighted by atomic mass is 9.83. The first-order valence-electron chi connectivity index (χ1n) is 19.8. The Morgan fingerprint density at radius 2 is 0.685 bits per heavy atom. The van der Waals surface area contributed by atoms with Gasteiger partial charge < -0.3 is 4.90 Å². The number of hydrogen-bond acceptors (Lipinski definition) is 1. The first-order chi connectivity index (χ1) is 26.3. The van der Waals surface area contributed by atoms with Gasteiger partial charge in [0.1, 0.15) is 0 Å². The van der Waals surface area contributed by atoms with E-state index in [1.54, 1.807) is 5.56 Å². The molecule has 0 aliphatic heterocycles. The standard InChI is InChI=1S/C53H49N/c1-35-27-36(2)30-48(29-35)44-17-23-51(24-18-44)54(52-25-19-45(20-26-52)49-31-37(3)28-38(4)32-49)50-21-15-43(16-22-50)41-9-7-40(8-10-41)42-11-13-46(14-12-42)53-34-39-5-6-47(53)33-39/h7-32,39,47,53H,5-6,33-34H2,1-4H3. The van der Waals surface area contributed by atoms with Crippen LogP contribution < -0.4 is 4.90 Å². The Balaban J connectivity index is 0.990. The van der Waals surface area contributed by atoms with Crippen LogP contribution in [0.3, 0.4) is 0 Å². The van der Waals surface area contributed by atoms with Crippen molar-refractivity contribution >= 4 is 17.1 Å². The van der Waals surface area contributed by atoms with Crippen molar-refractivity contribution < 1.29 is 0 Å². The minimum Gasteiger partial charge on any atom is -0.311 e. The fraction of sp³-hybridized carbons (Fsp3) is 0.208. The summed E-state index contributed by atoms with van der Waals surface area (Å²) in [6.07, 6.45) is 5.74. The fourth-order valence-corrected chi connectivity index (χ4v) is 9.57. The molecule has 2 saturated carbocycles. The Bertz CT molecular complexity index is 2260. The van der Waals surface area contributed by atoms with Gasteiger partial charge in [-0.2, -0.15) is 0 Å². The van der Waals surface area contributed by atoms with Gasteiger partial charge in [0, 0.05) is 17.1 Å². The molecule has 3 atom stereocenters. The van der Waals surface area contributed by atoms with E-state index in [1.165, 1.54) is 92.4 Å².